The van der Waals surface area contributed by atoms with Gasteiger partial charge in [0.15, 0.2) is 0 Å². The highest BCUT2D eigenvalue weighted by Gasteiger charge is 2.01. The summed E-state index contributed by atoms with van der Waals surface area (Å²) in [5, 5.41) is 10.4. The summed E-state index contributed by atoms with van der Waals surface area (Å²) in [6.07, 6.45) is 0. The molecule has 0 unspecified atom stereocenters. The molecule has 0 aliphatic heterocycles. The van der Waals surface area contributed by atoms with Gasteiger partial charge in [0.05, 0.1) is 0 Å². The van der Waals surface area contributed by atoms with E-state index in [1.165, 1.54) is 0 Å². The van der Waals surface area contributed by atoms with Gasteiger partial charge in [-0.1, -0.05) is 35.3 Å². The van der Waals surface area contributed by atoms with Crippen molar-refractivity contribution in [2.24, 2.45) is 0 Å². The molecule has 0 amide bonds. The molecule has 1 N–H and O–H groups in total. The van der Waals surface area contributed by atoms with Crippen LogP contribution in [0.25, 0.3) is 11.1 Å². The number of halogens is 2. The predicted molar refractivity (Wildman–Crippen MR) is 63.6 cm³/mol. The molecule has 1 nitrogen and oxygen atoms in total. The monoisotopic (exact) mass is 238 g/mol. The Morgan fingerprint density at radius 1 is 0.733 bits per heavy atom. The molecular formula is C12H8Cl2O. The molecule has 0 spiro atoms. The van der Waals surface area contributed by atoms with Crippen molar-refractivity contribution in [2.45, 2.75) is 0 Å². The van der Waals surface area contributed by atoms with Crippen LogP contribution in [0.4, 0.5) is 0 Å². The zero-order valence-electron chi connectivity index (χ0n) is 7.74. The van der Waals surface area contributed by atoms with Crippen LogP contribution in [0.1, 0.15) is 0 Å². The van der Waals surface area contributed by atoms with Crippen molar-refractivity contribution in [1.82, 2.24) is 0 Å². The van der Waals surface area contributed by atoms with E-state index in [9.17, 15) is 0 Å². The second kappa shape index (κ2) is 4.13. The Labute approximate surface area is 97.9 Å². The second-order valence-electron chi connectivity index (χ2n) is 3.20. The van der Waals surface area contributed by atoms with Crippen LogP contribution in [0.15, 0.2) is 42.5 Å². The fourth-order valence-electron chi connectivity index (χ4n) is 1.37. The molecule has 0 aliphatic rings. The summed E-state index contributed by atoms with van der Waals surface area (Å²) in [7, 11) is 0. The molecule has 2 aromatic rings. The van der Waals surface area contributed by atoms with Gasteiger partial charge in [-0.25, -0.2) is 0 Å². The van der Waals surface area contributed by atoms with Crippen molar-refractivity contribution < 1.29 is 5.11 Å². The molecule has 0 heterocycles. The van der Waals surface area contributed by atoms with Gasteiger partial charge in [0.1, 0.15) is 5.75 Å². The Hall–Kier alpha value is -1.18. The largest absolute Gasteiger partial charge is 0.508 e. The van der Waals surface area contributed by atoms with Gasteiger partial charge in [-0.3, -0.25) is 0 Å². The van der Waals surface area contributed by atoms with Gasteiger partial charge in [0, 0.05) is 10.0 Å². The average molecular weight is 239 g/mol. The molecule has 2 aromatic carbocycles. The fourth-order valence-corrected chi connectivity index (χ4v) is 1.90. The van der Waals surface area contributed by atoms with Crippen LogP contribution in [-0.4, -0.2) is 5.11 Å². The average Bonchev–Trinajstić information content (AvgIpc) is 2.17. The third kappa shape index (κ3) is 2.44. The fraction of sp³-hybridized carbons (Fsp3) is 0. The molecule has 2 rings (SSSR count). The number of phenols is 1. The van der Waals surface area contributed by atoms with E-state index >= 15 is 0 Å². The highest BCUT2D eigenvalue weighted by atomic mass is 35.5. The highest BCUT2D eigenvalue weighted by molar-refractivity contribution is 6.35. The summed E-state index contributed by atoms with van der Waals surface area (Å²) in [5.41, 5.74) is 1.91. The maximum absolute atomic E-state index is 9.16. The number of phenolic OH excluding ortho intramolecular Hbond substituents is 1. The van der Waals surface area contributed by atoms with Gasteiger partial charge < -0.3 is 5.11 Å². The molecule has 0 aromatic heterocycles. The van der Waals surface area contributed by atoms with Crippen LogP contribution in [0.5, 0.6) is 5.75 Å². The lowest BCUT2D eigenvalue weighted by Crippen LogP contribution is -1.77. The van der Waals surface area contributed by atoms with E-state index in [-0.39, 0.29) is 5.75 Å². The van der Waals surface area contributed by atoms with E-state index in [2.05, 4.69) is 0 Å². The molecule has 0 saturated heterocycles. The molecule has 0 bridgehead atoms. The van der Waals surface area contributed by atoms with Gasteiger partial charge in [-0.05, 0) is 41.5 Å². The maximum atomic E-state index is 9.16. The summed E-state index contributed by atoms with van der Waals surface area (Å²) in [5.74, 6) is 0.242. The van der Waals surface area contributed by atoms with Gasteiger partial charge in [0.25, 0.3) is 0 Å². The first-order valence-electron chi connectivity index (χ1n) is 4.40. The predicted octanol–water partition coefficient (Wildman–Crippen LogP) is 4.37. The number of benzene rings is 2. The first kappa shape index (κ1) is 10.3. The van der Waals surface area contributed by atoms with Crippen molar-refractivity contribution in [3.05, 3.63) is 52.5 Å². The smallest absolute Gasteiger partial charge is 0.115 e. The van der Waals surface area contributed by atoms with Crippen LogP contribution >= 0.6 is 23.2 Å². The third-order valence-electron chi connectivity index (χ3n) is 2.06. The van der Waals surface area contributed by atoms with E-state index in [4.69, 9.17) is 28.3 Å². The van der Waals surface area contributed by atoms with Gasteiger partial charge >= 0.3 is 0 Å². The van der Waals surface area contributed by atoms with Crippen LogP contribution < -0.4 is 0 Å². The Morgan fingerprint density at radius 3 is 1.80 bits per heavy atom. The Morgan fingerprint density at radius 2 is 1.27 bits per heavy atom. The minimum Gasteiger partial charge on any atom is -0.508 e. The summed E-state index contributed by atoms with van der Waals surface area (Å²) in [6.45, 7) is 0. The molecule has 0 aliphatic carbocycles. The number of hydrogen-bond donors (Lipinski definition) is 1. The molecule has 76 valence electrons. The van der Waals surface area contributed by atoms with E-state index in [1.807, 2.05) is 24.3 Å². The number of aromatic hydroxyl groups is 1. The second-order valence-corrected chi connectivity index (χ2v) is 4.08. The maximum Gasteiger partial charge on any atom is 0.115 e. The Kier molecular flexibility index (Phi) is 2.85. The SMILES string of the molecule is Oc1ccc(-c2cc(Cl)cc(Cl)c2)cc1. The zero-order chi connectivity index (χ0) is 10.8. The number of rotatable bonds is 1. The highest BCUT2D eigenvalue weighted by Crippen LogP contribution is 2.28. The lowest BCUT2D eigenvalue weighted by molar-refractivity contribution is 0.475. The van der Waals surface area contributed by atoms with Crippen molar-refractivity contribution in [3.63, 3.8) is 0 Å². The minimum atomic E-state index is 0.242. The van der Waals surface area contributed by atoms with E-state index in [1.54, 1.807) is 18.2 Å². The molecule has 0 atom stereocenters. The summed E-state index contributed by atoms with van der Waals surface area (Å²) >= 11 is 11.8. The minimum absolute atomic E-state index is 0.242. The van der Waals surface area contributed by atoms with Crippen molar-refractivity contribution >= 4 is 23.2 Å². The lowest BCUT2D eigenvalue weighted by Gasteiger charge is -2.03. The van der Waals surface area contributed by atoms with Crippen molar-refractivity contribution in [3.8, 4) is 16.9 Å². The van der Waals surface area contributed by atoms with Crippen LogP contribution in [0, 0.1) is 0 Å². The summed E-state index contributed by atoms with van der Waals surface area (Å²) in [6, 6.07) is 12.2. The van der Waals surface area contributed by atoms with Crippen LogP contribution in [0.2, 0.25) is 10.0 Å². The lowest BCUT2D eigenvalue weighted by atomic mass is 10.1. The van der Waals surface area contributed by atoms with E-state index in [0.29, 0.717) is 10.0 Å². The topological polar surface area (TPSA) is 20.2 Å². The Bertz CT molecular complexity index is 457. The quantitative estimate of drug-likeness (QED) is 0.783. The molecule has 15 heavy (non-hydrogen) atoms. The number of hydrogen-bond acceptors (Lipinski definition) is 1. The molecule has 3 heteroatoms. The zero-order valence-corrected chi connectivity index (χ0v) is 9.26. The normalized spacial score (nSPS) is 10.3. The van der Waals surface area contributed by atoms with Gasteiger partial charge in [-0.15, -0.1) is 0 Å². The molecule has 0 fully saturated rings. The van der Waals surface area contributed by atoms with Crippen LogP contribution in [-0.2, 0) is 0 Å². The first-order valence-corrected chi connectivity index (χ1v) is 5.16. The van der Waals surface area contributed by atoms with Crippen molar-refractivity contribution in [2.75, 3.05) is 0 Å². The van der Waals surface area contributed by atoms with Gasteiger partial charge in [0.2, 0.25) is 0 Å². The van der Waals surface area contributed by atoms with E-state index < -0.39 is 0 Å². The van der Waals surface area contributed by atoms with Gasteiger partial charge in [-0.2, -0.15) is 0 Å². The van der Waals surface area contributed by atoms with Crippen molar-refractivity contribution in [1.29, 1.82) is 0 Å². The standard InChI is InChI=1S/C12H8Cl2O/c13-10-5-9(6-11(14)7-10)8-1-3-12(15)4-2-8/h1-7,15H. The molecule has 0 radical (unpaired) electrons. The summed E-state index contributed by atoms with van der Waals surface area (Å²) in [4.78, 5) is 0. The third-order valence-corrected chi connectivity index (χ3v) is 2.50. The molecule has 0 saturated carbocycles. The summed E-state index contributed by atoms with van der Waals surface area (Å²) < 4.78 is 0. The van der Waals surface area contributed by atoms with E-state index in [0.717, 1.165) is 11.1 Å². The Balaban J connectivity index is 2.49. The first-order chi connectivity index (χ1) is 7.15. The molecular weight excluding hydrogens is 231 g/mol. The van der Waals surface area contributed by atoms with Crippen LogP contribution in [0.3, 0.4) is 0 Å².